The number of pyridine rings is 5. The highest BCUT2D eigenvalue weighted by Gasteiger charge is 2.31. The monoisotopic (exact) mass is 1870 g/mol. The molecule has 13 aromatic rings. The lowest BCUT2D eigenvalue weighted by atomic mass is 10.0. The number of alkyl halides is 12. The Bertz CT molecular complexity index is 6120. The number of fused-ring (bicyclic) bond motifs is 4. The van der Waals surface area contributed by atoms with Crippen LogP contribution in [0.3, 0.4) is 0 Å². The zero-order chi connectivity index (χ0) is 96.0. The number of unbranched alkanes of at least 4 members (excludes halogenated alkanes) is 1. The van der Waals surface area contributed by atoms with Gasteiger partial charge in [0.05, 0.1) is 118 Å². The molecule has 1 saturated heterocycles. The van der Waals surface area contributed by atoms with Gasteiger partial charge in [-0.05, 0) is 152 Å². The fourth-order valence-corrected chi connectivity index (χ4v) is 14.1. The Morgan fingerprint density at radius 3 is 1.01 bits per heavy atom. The van der Waals surface area contributed by atoms with Gasteiger partial charge in [-0.15, -0.1) is 0 Å². The van der Waals surface area contributed by atoms with Crippen molar-refractivity contribution >= 4 is 70.6 Å². The van der Waals surface area contributed by atoms with E-state index in [-0.39, 0.29) is 25.7 Å². The molecule has 0 spiro atoms. The zero-order valence-electron chi connectivity index (χ0n) is 74.3. The number of methoxy groups -OCH3 is 1. The van der Waals surface area contributed by atoms with E-state index in [1.807, 2.05) is 139 Å². The molecule has 1 fully saturated rings. The number of rotatable bonds is 43. The maximum absolute atomic E-state index is 12.4. The van der Waals surface area contributed by atoms with Gasteiger partial charge in [0.25, 0.3) is 0 Å². The van der Waals surface area contributed by atoms with Crippen LogP contribution in [0.25, 0.3) is 67.6 Å². The van der Waals surface area contributed by atoms with Crippen molar-refractivity contribution in [2.45, 2.75) is 154 Å². The molecule has 0 aliphatic carbocycles. The Morgan fingerprint density at radius 1 is 0.370 bits per heavy atom. The lowest BCUT2D eigenvalue weighted by molar-refractivity contribution is -0.143. The van der Waals surface area contributed by atoms with E-state index < -0.39 is 99.2 Å². The molecule has 9 aromatic heterocycles. The third-order valence-corrected chi connectivity index (χ3v) is 21.0. The molecule has 1 aliphatic rings. The summed E-state index contributed by atoms with van der Waals surface area (Å²) >= 11 is 0. The molecule has 36 heteroatoms. The molecule has 0 saturated carbocycles. The second-order valence-electron chi connectivity index (χ2n) is 31.7. The summed E-state index contributed by atoms with van der Waals surface area (Å²) in [5, 5.41) is 16.0. The first-order valence-corrected chi connectivity index (χ1v) is 43.8. The fraction of sp³-hybridized carbons (Fsp3) is 0.343. The van der Waals surface area contributed by atoms with Gasteiger partial charge < -0.3 is 33.7 Å². The summed E-state index contributed by atoms with van der Waals surface area (Å²) in [5.41, 5.74) is 16.3. The van der Waals surface area contributed by atoms with Crippen LogP contribution in [0.2, 0.25) is 0 Å². The quantitative estimate of drug-likeness (QED) is 0.0149. The van der Waals surface area contributed by atoms with E-state index in [0.29, 0.717) is 79.8 Å². The van der Waals surface area contributed by atoms with E-state index in [9.17, 15) is 71.9 Å². The van der Waals surface area contributed by atoms with Crippen molar-refractivity contribution in [3.8, 4) is 45.0 Å². The largest absolute Gasteiger partial charge is 0.396 e. The van der Waals surface area contributed by atoms with E-state index in [4.69, 9.17) is 28.8 Å². The molecule has 135 heavy (non-hydrogen) atoms. The predicted molar refractivity (Wildman–Crippen MR) is 488 cm³/mol. The average molecular weight is 1880 g/mol. The minimum atomic E-state index is -4.33. The molecule has 24 nitrogen and oxygen atoms in total. The first-order valence-electron chi connectivity index (χ1n) is 43.8. The van der Waals surface area contributed by atoms with Crippen LogP contribution in [-0.2, 0) is 80.3 Å². The Hall–Kier alpha value is -13.6. The molecular weight excluding hydrogens is 1770 g/mol. The van der Waals surface area contributed by atoms with Gasteiger partial charge >= 0.3 is 24.7 Å². The van der Waals surface area contributed by atoms with Crippen LogP contribution in [-0.4, -0.2) is 187 Å². The Labute approximate surface area is 770 Å². The Kier molecular flexibility index (Phi) is 38.5. The number of halogens is 12. The number of likely N-dealkylation sites (tertiary alicyclic amines) is 1. The fourth-order valence-electron chi connectivity index (χ4n) is 14.1. The van der Waals surface area contributed by atoms with Crippen LogP contribution in [0.4, 0.5) is 52.7 Å². The normalized spacial score (nSPS) is 12.8. The molecule has 0 N–H and O–H groups in total. The lowest BCUT2D eigenvalue weighted by Gasteiger charge is -2.25. The third-order valence-electron chi connectivity index (χ3n) is 21.0. The maximum Gasteiger partial charge on any atom is 0.389 e. The van der Waals surface area contributed by atoms with E-state index in [1.54, 1.807) is 130 Å². The summed E-state index contributed by atoms with van der Waals surface area (Å²) in [6, 6.07) is 47.5. The number of ether oxygens (including phenoxy) is 2. The van der Waals surface area contributed by atoms with Gasteiger partial charge in [-0.3, -0.25) is 41.8 Å². The summed E-state index contributed by atoms with van der Waals surface area (Å²) in [7, 11) is 1.61. The standard InChI is InChI=1S/C27H31F3N4O2.C25H21F3N4O2.C24H26F3N3O4.C23H24F3N3O2/c28-27(29,30)10-8-24(35)17-21-6-4-7-23(16-21)25-20-31-26-18-22(9-14-34(25)26)19-32-36-15-5-13-33-11-2-1-3-12-33;26-25(27,28)8-4-22(33)13-19-2-1-3-21(12-19)23-16-30-24-14-20(7-11-32(23)24)15-31-34-17-18-5-9-29-10-6-18;1-32-9-10-33-11-12-34-29-16-19-6-8-30-22(17-28-23(30)15-19)20-4-2-3-18(13-20)14-21(31)5-7-24(25,26)27;1-2-3-11-31-28-15-18-8-10-29-21(16-27-22(29)14-18)19-6-4-5-17(12-19)13-20(30)7-9-23(24,25)26/h4,6-7,9,14,16,18-20H,1-3,5,8,10-13,15,17H2;1-3,5-7,9-12,14-16H,4,8,13,17H2;2-4,6,8,13,15-17H,5,7,9-12,14H2,1H3;4-6,8,10,12,14-16H,2-3,7,9,11,13H2,1H3. The SMILES string of the molecule is CCCCON=Cc1ccn2c(-c3cccc(CC(=O)CCC(F)(F)F)c3)cnc2c1.COCCOCCON=Cc1ccn2c(-c3cccc(CC(=O)CCC(F)(F)F)c3)cnc2c1.O=C(CCC(F)(F)F)Cc1cccc(-c2cnc3cc(C=NOCCCN4CCCCC4)ccn23)c1.O=C(CCC(F)(F)F)Cc1cccc(-c2cnc3cc(C=NOCc4ccncc4)ccn23)c1. The summed E-state index contributed by atoms with van der Waals surface area (Å²) < 4.78 is 166. The summed E-state index contributed by atoms with van der Waals surface area (Å²) in [6.45, 7) is 8.75. The Balaban J connectivity index is 0.000000173. The van der Waals surface area contributed by atoms with Crippen LogP contribution in [0.1, 0.15) is 147 Å². The van der Waals surface area contributed by atoms with Crippen LogP contribution in [0, 0.1) is 0 Å². The number of ketones is 4. The predicted octanol–water partition coefficient (Wildman–Crippen LogP) is 21.2. The number of oxime groups is 4. The first-order chi connectivity index (χ1) is 64.9. The first kappa shape index (κ1) is 102. The number of carbonyl (C=O) groups is 4. The van der Waals surface area contributed by atoms with Crippen molar-refractivity contribution < 1.29 is 101 Å². The Morgan fingerprint density at radius 2 is 0.689 bits per heavy atom. The minimum absolute atomic E-state index is 0.0285. The lowest BCUT2D eigenvalue weighted by Crippen LogP contribution is -2.31. The maximum atomic E-state index is 12.4. The van der Waals surface area contributed by atoms with Gasteiger partial charge in [-0.25, -0.2) is 19.9 Å². The number of hydrogen-bond acceptors (Lipinski definition) is 20. The molecule has 712 valence electrons. The van der Waals surface area contributed by atoms with Crippen LogP contribution < -0.4 is 0 Å². The number of piperidine rings is 1. The van der Waals surface area contributed by atoms with E-state index in [0.717, 1.165) is 110 Å². The van der Waals surface area contributed by atoms with Crippen molar-refractivity contribution in [2.24, 2.45) is 20.6 Å². The average Bonchev–Trinajstić information content (AvgIpc) is 1.67. The van der Waals surface area contributed by atoms with Crippen LogP contribution in [0.15, 0.2) is 240 Å². The number of Topliss-reactive ketones (excluding diaryl/α,β-unsaturated/α-hetero) is 4. The van der Waals surface area contributed by atoms with Gasteiger partial charge in [-0.1, -0.05) is 113 Å². The smallest absolute Gasteiger partial charge is 0.389 e. The number of benzene rings is 4. The molecule has 10 heterocycles. The van der Waals surface area contributed by atoms with E-state index in [2.05, 4.69) is 57.4 Å². The van der Waals surface area contributed by atoms with Crippen molar-refractivity contribution in [2.75, 3.05) is 66.4 Å². The van der Waals surface area contributed by atoms with Crippen molar-refractivity contribution in [3.05, 3.63) is 270 Å². The molecule has 4 aromatic carbocycles. The summed E-state index contributed by atoms with van der Waals surface area (Å²) in [5.74, 6) is -1.75. The van der Waals surface area contributed by atoms with Gasteiger partial charge in [0, 0.05) is 147 Å². The molecule has 1 aliphatic heterocycles. The van der Waals surface area contributed by atoms with Crippen molar-refractivity contribution in [1.29, 1.82) is 0 Å². The van der Waals surface area contributed by atoms with Crippen molar-refractivity contribution in [3.63, 3.8) is 0 Å². The molecule has 0 amide bonds. The van der Waals surface area contributed by atoms with Gasteiger partial charge in [-0.2, -0.15) is 52.7 Å². The highest BCUT2D eigenvalue weighted by molar-refractivity contribution is 5.87. The molecule has 14 rings (SSSR count). The minimum Gasteiger partial charge on any atom is -0.396 e. The number of carbonyl (C=O) groups excluding carboxylic acids is 4. The molecular formula is C99H102F12N14O10. The highest BCUT2D eigenvalue weighted by atomic mass is 19.4. The third kappa shape index (κ3) is 35.1. The van der Waals surface area contributed by atoms with Gasteiger partial charge in [0.15, 0.2) is 0 Å². The van der Waals surface area contributed by atoms with Crippen molar-refractivity contribution in [1.82, 2.24) is 47.4 Å². The second kappa shape index (κ2) is 51.0. The van der Waals surface area contributed by atoms with Gasteiger partial charge in [0.1, 0.15) is 72.1 Å². The topological polar surface area (TPSA) is 258 Å². The second-order valence-corrected chi connectivity index (χ2v) is 31.7. The zero-order valence-corrected chi connectivity index (χ0v) is 74.3. The van der Waals surface area contributed by atoms with E-state index >= 15 is 0 Å². The number of aromatic nitrogens is 9. The molecule has 0 bridgehead atoms. The number of nitrogens with zero attached hydrogens (tertiary/aromatic N) is 14. The van der Waals surface area contributed by atoms with Crippen LogP contribution >= 0.6 is 0 Å². The number of imidazole rings is 4. The molecule has 0 atom stereocenters. The number of hydrogen-bond donors (Lipinski definition) is 0. The molecule has 0 radical (unpaired) electrons. The molecule has 0 unspecified atom stereocenters. The highest BCUT2D eigenvalue weighted by Crippen LogP contribution is 2.32. The van der Waals surface area contributed by atoms with E-state index in [1.165, 1.54) is 32.4 Å². The summed E-state index contributed by atoms with van der Waals surface area (Å²) in [6.07, 6.45) is 7.16. The van der Waals surface area contributed by atoms with Crippen LogP contribution in [0.5, 0.6) is 0 Å². The summed E-state index contributed by atoms with van der Waals surface area (Å²) in [4.78, 5) is 93.1. The van der Waals surface area contributed by atoms with Gasteiger partial charge in [0.2, 0.25) is 0 Å².